The molecule has 37 heavy (non-hydrogen) atoms. The summed E-state index contributed by atoms with van der Waals surface area (Å²) in [5, 5.41) is 2.94. The summed E-state index contributed by atoms with van der Waals surface area (Å²) in [7, 11) is 0.0529. The van der Waals surface area contributed by atoms with E-state index in [1.54, 1.807) is 7.11 Å². The number of halogens is 1. The second-order valence-electron chi connectivity index (χ2n) is 8.56. The first-order chi connectivity index (χ1) is 17.8. The number of rotatable bonds is 9. The first-order valence-electron chi connectivity index (χ1n) is 11.7. The number of sulfonamides is 1. The Balaban J connectivity index is 1.66. The van der Waals surface area contributed by atoms with E-state index in [9.17, 15) is 17.6 Å². The maximum atomic E-state index is 14.8. The van der Waals surface area contributed by atoms with Crippen molar-refractivity contribution in [1.82, 2.24) is 5.32 Å². The van der Waals surface area contributed by atoms with Crippen molar-refractivity contribution in [3.05, 3.63) is 77.6 Å². The van der Waals surface area contributed by atoms with E-state index in [4.69, 9.17) is 14.2 Å². The normalized spacial score (nSPS) is 14.9. The first kappa shape index (κ1) is 26.3. The molecule has 0 saturated carbocycles. The van der Waals surface area contributed by atoms with Gasteiger partial charge in [0.15, 0.2) is 11.5 Å². The van der Waals surface area contributed by atoms with Crippen molar-refractivity contribution in [2.45, 2.75) is 30.2 Å². The van der Waals surface area contributed by atoms with Gasteiger partial charge >= 0.3 is 0 Å². The van der Waals surface area contributed by atoms with Crippen molar-refractivity contribution < 1.29 is 31.8 Å². The number of ether oxygens (including phenoxy) is 3. The van der Waals surface area contributed by atoms with Crippen LogP contribution in [0.25, 0.3) is 0 Å². The number of carbonyl (C=O) groups is 1. The maximum absolute atomic E-state index is 14.8. The molecule has 0 aromatic heterocycles. The van der Waals surface area contributed by atoms with Crippen LogP contribution in [0.5, 0.6) is 17.2 Å². The van der Waals surface area contributed by atoms with Gasteiger partial charge < -0.3 is 19.5 Å². The highest BCUT2D eigenvalue weighted by atomic mass is 32.2. The molecule has 3 aromatic rings. The van der Waals surface area contributed by atoms with Crippen LogP contribution in [-0.2, 0) is 21.2 Å². The lowest BCUT2D eigenvalue weighted by atomic mass is 9.87. The fraction of sp³-hybridized carbons (Fsp3) is 0.296. The monoisotopic (exact) mass is 528 g/mol. The summed E-state index contributed by atoms with van der Waals surface area (Å²) in [5.74, 6) is -0.0621. The number of hydrogen-bond donors (Lipinski definition) is 1. The predicted molar refractivity (Wildman–Crippen MR) is 137 cm³/mol. The highest BCUT2D eigenvalue weighted by Crippen LogP contribution is 2.34. The zero-order chi connectivity index (χ0) is 26.6. The van der Waals surface area contributed by atoms with Gasteiger partial charge in [0.25, 0.3) is 10.0 Å². The number of para-hydroxylation sites is 1. The molecule has 0 radical (unpaired) electrons. The predicted octanol–water partition coefficient (Wildman–Crippen LogP) is 4.24. The molecule has 1 atom stereocenters. The smallest absolute Gasteiger partial charge is 0.265 e. The molecule has 0 saturated heterocycles. The van der Waals surface area contributed by atoms with Crippen LogP contribution >= 0.6 is 0 Å². The second-order valence-corrected chi connectivity index (χ2v) is 10.4. The third-order valence-electron chi connectivity index (χ3n) is 6.35. The first-order valence-corrected chi connectivity index (χ1v) is 13.2. The zero-order valence-corrected chi connectivity index (χ0v) is 21.7. The topological polar surface area (TPSA) is 94.2 Å². The van der Waals surface area contributed by atoms with Crippen molar-refractivity contribution in [3.63, 3.8) is 0 Å². The molecule has 4 rings (SSSR count). The van der Waals surface area contributed by atoms with Crippen LogP contribution in [0.2, 0.25) is 0 Å². The molecule has 8 nitrogen and oxygen atoms in total. The summed E-state index contributed by atoms with van der Waals surface area (Å²) in [6, 6.07) is 14.9. The Kier molecular flexibility index (Phi) is 7.87. The van der Waals surface area contributed by atoms with Gasteiger partial charge in [-0.3, -0.25) is 9.10 Å². The van der Waals surface area contributed by atoms with Gasteiger partial charge in [-0.25, -0.2) is 12.8 Å². The molecule has 196 valence electrons. The molecule has 0 fully saturated rings. The number of aryl methyl sites for hydroxylation is 1. The number of amides is 1. The summed E-state index contributed by atoms with van der Waals surface area (Å²) in [6.45, 7) is -0.612. The Bertz CT molecular complexity index is 1400. The average molecular weight is 529 g/mol. The number of fused-ring (bicyclic) bond motifs is 1. The lowest BCUT2D eigenvalue weighted by Crippen LogP contribution is -2.43. The van der Waals surface area contributed by atoms with E-state index in [-0.39, 0.29) is 22.4 Å². The molecule has 0 spiro atoms. The Morgan fingerprint density at radius 2 is 1.76 bits per heavy atom. The highest BCUT2D eigenvalue weighted by molar-refractivity contribution is 7.92. The van der Waals surface area contributed by atoms with Gasteiger partial charge in [-0.05, 0) is 66.8 Å². The van der Waals surface area contributed by atoms with E-state index < -0.39 is 28.3 Å². The quantitative estimate of drug-likeness (QED) is 0.447. The van der Waals surface area contributed by atoms with Crippen LogP contribution < -0.4 is 23.8 Å². The highest BCUT2D eigenvalue weighted by Gasteiger charge is 2.31. The fourth-order valence-corrected chi connectivity index (χ4v) is 5.94. The summed E-state index contributed by atoms with van der Waals surface area (Å²) in [5.41, 5.74) is 1.79. The molecule has 3 aromatic carbocycles. The van der Waals surface area contributed by atoms with E-state index in [0.717, 1.165) is 40.1 Å². The maximum Gasteiger partial charge on any atom is 0.265 e. The lowest BCUT2D eigenvalue weighted by molar-refractivity contribution is -0.120. The molecule has 0 heterocycles. The summed E-state index contributed by atoms with van der Waals surface area (Å²) < 4.78 is 58.8. The van der Waals surface area contributed by atoms with Gasteiger partial charge in [-0.15, -0.1) is 0 Å². The van der Waals surface area contributed by atoms with E-state index in [2.05, 4.69) is 5.32 Å². The van der Waals surface area contributed by atoms with Crippen LogP contribution in [0, 0.1) is 5.82 Å². The molecular formula is C27H29FN2O6S. The number of anilines is 1. The van der Waals surface area contributed by atoms with Gasteiger partial charge in [-0.1, -0.05) is 18.2 Å². The molecule has 1 unspecified atom stereocenters. The van der Waals surface area contributed by atoms with Crippen molar-refractivity contribution in [3.8, 4) is 17.2 Å². The molecule has 1 aliphatic rings. The second kappa shape index (κ2) is 11.1. The minimum atomic E-state index is -4.36. The molecule has 1 N–H and O–H groups in total. The van der Waals surface area contributed by atoms with E-state index in [1.165, 1.54) is 50.6 Å². The Morgan fingerprint density at radius 1 is 1.00 bits per heavy atom. The third kappa shape index (κ3) is 5.48. The zero-order valence-electron chi connectivity index (χ0n) is 20.9. The minimum Gasteiger partial charge on any atom is -0.497 e. The van der Waals surface area contributed by atoms with Crippen LogP contribution in [-0.4, -0.2) is 42.2 Å². The van der Waals surface area contributed by atoms with Crippen LogP contribution in [0.15, 0.2) is 65.6 Å². The number of benzene rings is 3. The van der Waals surface area contributed by atoms with E-state index in [1.807, 2.05) is 18.2 Å². The Morgan fingerprint density at radius 3 is 2.46 bits per heavy atom. The van der Waals surface area contributed by atoms with Gasteiger partial charge in [-0.2, -0.15) is 0 Å². The molecule has 10 heteroatoms. The van der Waals surface area contributed by atoms with Crippen molar-refractivity contribution in [1.29, 1.82) is 0 Å². The molecule has 0 bridgehead atoms. The number of methoxy groups -OCH3 is 3. The van der Waals surface area contributed by atoms with Gasteiger partial charge in [0, 0.05) is 6.07 Å². The molecular weight excluding hydrogens is 499 g/mol. The van der Waals surface area contributed by atoms with Crippen LogP contribution in [0.4, 0.5) is 10.1 Å². The van der Waals surface area contributed by atoms with E-state index >= 15 is 0 Å². The number of nitrogens with zero attached hydrogens (tertiary/aromatic N) is 1. The van der Waals surface area contributed by atoms with Crippen molar-refractivity contribution >= 4 is 21.6 Å². The largest absolute Gasteiger partial charge is 0.497 e. The fourth-order valence-electron chi connectivity index (χ4n) is 4.50. The summed E-state index contributed by atoms with van der Waals surface area (Å²) in [6.07, 6.45) is 2.41. The summed E-state index contributed by atoms with van der Waals surface area (Å²) >= 11 is 0. The van der Waals surface area contributed by atoms with Crippen molar-refractivity contribution in [2.24, 2.45) is 0 Å². The Labute approximate surface area is 216 Å². The summed E-state index contributed by atoms with van der Waals surface area (Å²) in [4.78, 5) is 13.1. The van der Waals surface area contributed by atoms with Gasteiger partial charge in [0.05, 0.1) is 38.0 Å². The van der Waals surface area contributed by atoms with Crippen LogP contribution in [0.3, 0.4) is 0 Å². The molecule has 0 aliphatic heterocycles. The SMILES string of the molecule is COc1ccc2c(c1)CCCC2NC(=O)CN(c1ccccc1F)S(=O)(=O)c1ccc(OC)c(OC)c1. The van der Waals surface area contributed by atoms with Gasteiger partial charge in [0.2, 0.25) is 5.91 Å². The van der Waals surface area contributed by atoms with Gasteiger partial charge in [0.1, 0.15) is 18.1 Å². The number of nitrogens with one attached hydrogen (secondary N) is 1. The Hall–Kier alpha value is -3.79. The van der Waals surface area contributed by atoms with Crippen molar-refractivity contribution in [2.75, 3.05) is 32.2 Å². The van der Waals surface area contributed by atoms with E-state index in [0.29, 0.717) is 12.2 Å². The standard InChI is InChI=1S/C27H29FN2O6S/c1-34-19-11-13-21-18(15-19)7-6-9-23(21)29-27(31)17-30(24-10-5-4-8-22(24)28)37(32,33)20-12-14-25(35-2)26(16-20)36-3/h4-5,8,10-16,23H,6-7,9,17H2,1-3H3,(H,29,31). The van der Waals surface area contributed by atoms with Crippen LogP contribution in [0.1, 0.15) is 30.0 Å². The molecule has 1 amide bonds. The third-order valence-corrected chi connectivity index (χ3v) is 8.11. The lowest BCUT2D eigenvalue weighted by Gasteiger charge is -2.29. The number of carbonyl (C=O) groups excluding carboxylic acids is 1. The number of hydrogen-bond acceptors (Lipinski definition) is 6. The molecule has 1 aliphatic carbocycles. The average Bonchev–Trinajstić information content (AvgIpc) is 2.91. The minimum absolute atomic E-state index is 0.170.